The van der Waals surface area contributed by atoms with E-state index in [1.165, 1.54) is 0 Å². The van der Waals surface area contributed by atoms with Crippen LogP contribution in [0, 0.1) is 11.3 Å². The molecule has 1 aromatic heterocycles. The highest BCUT2D eigenvalue weighted by atomic mass is 31.0. The predicted molar refractivity (Wildman–Crippen MR) is 102 cm³/mol. The fourth-order valence-electron chi connectivity index (χ4n) is 2.98. The molecule has 1 aliphatic rings. The number of hydrogen-bond acceptors (Lipinski definition) is 3. The van der Waals surface area contributed by atoms with E-state index in [4.69, 9.17) is 5.26 Å². The van der Waals surface area contributed by atoms with Crippen LogP contribution in [0.4, 0.5) is 0 Å². The number of carbonyl (C=O) groups is 1. The molecular formula is C19H19N4OP. The van der Waals surface area contributed by atoms with Gasteiger partial charge in [0.25, 0.3) is 5.91 Å². The fourth-order valence-corrected chi connectivity index (χ4v) is 3.25. The van der Waals surface area contributed by atoms with Gasteiger partial charge in [-0.3, -0.25) is 4.79 Å². The first kappa shape index (κ1) is 17.1. The number of rotatable bonds is 1. The number of hydrogen-bond donors (Lipinski definition) is 0. The van der Waals surface area contributed by atoms with Crippen LogP contribution in [0.5, 0.6) is 0 Å². The summed E-state index contributed by atoms with van der Waals surface area (Å²) in [4.78, 5) is 12.5. The van der Waals surface area contributed by atoms with E-state index in [0.29, 0.717) is 17.7 Å². The van der Waals surface area contributed by atoms with E-state index in [-0.39, 0.29) is 5.91 Å². The van der Waals surface area contributed by atoms with Crippen molar-refractivity contribution < 1.29 is 4.79 Å². The summed E-state index contributed by atoms with van der Waals surface area (Å²) in [5.74, 6) is -0.00118. The maximum atomic E-state index is 12.5. The largest absolute Gasteiger partial charge is 0.323 e. The summed E-state index contributed by atoms with van der Waals surface area (Å²) in [5.41, 5.74) is 4.04. The van der Waals surface area contributed by atoms with Crippen molar-refractivity contribution in [2.75, 3.05) is 6.54 Å². The van der Waals surface area contributed by atoms with Crippen LogP contribution in [0.3, 0.4) is 0 Å². The zero-order valence-electron chi connectivity index (χ0n) is 14.2. The molecule has 1 amide bonds. The topological polar surface area (TPSA) is 61.9 Å². The summed E-state index contributed by atoms with van der Waals surface area (Å²) < 4.78 is 3.55. The first-order chi connectivity index (χ1) is 12.2. The normalized spacial score (nSPS) is 13.0. The van der Waals surface area contributed by atoms with Gasteiger partial charge in [-0.1, -0.05) is 19.9 Å². The highest BCUT2D eigenvalue weighted by Crippen LogP contribution is 2.30. The second kappa shape index (κ2) is 7.04. The van der Waals surface area contributed by atoms with Crippen LogP contribution in [-0.4, -0.2) is 26.9 Å². The van der Waals surface area contributed by atoms with Gasteiger partial charge in [-0.25, -0.2) is 4.68 Å². The second-order valence-electron chi connectivity index (χ2n) is 5.47. The van der Waals surface area contributed by atoms with Gasteiger partial charge in [0.15, 0.2) is 0 Å². The monoisotopic (exact) mass is 350 g/mol. The highest BCUT2D eigenvalue weighted by Gasteiger charge is 2.25. The molecule has 0 N–H and O–H groups in total. The van der Waals surface area contributed by atoms with Crippen molar-refractivity contribution in [3.8, 4) is 11.8 Å². The number of nitriles is 1. The standard InChI is InChI=1S/C17H13N4OP.C2H6/c18-10-11-4-6-12(7-5-11)21-15-8-9-20(23)17(22)13-2-1-3-14(19-21)16(13)15;1-2/h1-7H,8-9,23H2;1-2H3. The van der Waals surface area contributed by atoms with E-state index >= 15 is 0 Å². The molecule has 0 saturated carbocycles. The Kier molecular flexibility index (Phi) is 4.83. The second-order valence-corrected chi connectivity index (χ2v) is 6.09. The summed E-state index contributed by atoms with van der Waals surface area (Å²) in [5, 5.41) is 14.5. The van der Waals surface area contributed by atoms with E-state index in [0.717, 1.165) is 28.7 Å². The minimum atomic E-state index is -0.00118. The van der Waals surface area contributed by atoms with Gasteiger partial charge in [-0.05, 0) is 45.8 Å². The van der Waals surface area contributed by atoms with Crippen LogP contribution in [0.15, 0.2) is 42.5 Å². The third-order valence-electron chi connectivity index (χ3n) is 4.12. The maximum Gasteiger partial charge on any atom is 0.257 e. The van der Waals surface area contributed by atoms with Gasteiger partial charge >= 0.3 is 0 Å². The SMILES string of the molecule is CC.N#Cc1ccc(-n2nc3cccc4c3c2CCN(P)C4=O)cc1. The molecule has 0 bridgehead atoms. The molecule has 0 saturated heterocycles. The number of aromatic nitrogens is 2. The van der Waals surface area contributed by atoms with Gasteiger partial charge in [0.2, 0.25) is 0 Å². The lowest BCUT2D eigenvalue weighted by molar-refractivity contribution is 0.0875. The molecule has 2 aromatic carbocycles. The first-order valence-electron chi connectivity index (χ1n) is 8.27. The predicted octanol–water partition coefficient (Wildman–Crippen LogP) is 3.71. The Morgan fingerprint density at radius 2 is 1.88 bits per heavy atom. The van der Waals surface area contributed by atoms with Crippen LogP contribution in [-0.2, 0) is 6.42 Å². The van der Waals surface area contributed by atoms with Gasteiger partial charge in [0.05, 0.1) is 34.1 Å². The lowest BCUT2D eigenvalue weighted by atomic mass is 10.1. The third kappa shape index (κ3) is 2.90. The van der Waals surface area contributed by atoms with Crippen molar-refractivity contribution in [3.05, 3.63) is 59.3 Å². The van der Waals surface area contributed by atoms with Gasteiger partial charge in [0.1, 0.15) is 0 Å². The molecule has 2 heterocycles. The number of amides is 1. The molecule has 0 radical (unpaired) electrons. The Balaban J connectivity index is 0.000000880. The molecule has 4 rings (SSSR count). The Morgan fingerprint density at radius 3 is 2.56 bits per heavy atom. The van der Waals surface area contributed by atoms with E-state index in [1.54, 1.807) is 16.8 Å². The lowest BCUT2D eigenvalue weighted by Crippen LogP contribution is -2.21. The minimum absolute atomic E-state index is 0.00118. The quantitative estimate of drug-likeness (QED) is 0.629. The lowest BCUT2D eigenvalue weighted by Gasteiger charge is -2.14. The van der Waals surface area contributed by atoms with Crippen LogP contribution in [0.2, 0.25) is 0 Å². The smallest absolute Gasteiger partial charge is 0.257 e. The molecule has 25 heavy (non-hydrogen) atoms. The number of carbonyl (C=O) groups excluding carboxylic acids is 1. The summed E-state index contributed by atoms with van der Waals surface area (Å²) in [6, 6.07) is 15.1. The third-order valence-corrected chi connectivity index (χ3v) is 4.61. The molecule has 1 aliphatic heterocycles. The summed E-state index contributed by atoms with van der Waals surface area (Å²) in [6.07, 6.45) is 0.725. The Bertz CT molecular complexity index is 969. The molecule has 0 aliphatic carbocycles. The van der Waals surface area contributed by atoms with Gasteiger partial charge in [-0.15, -0.1) is 0 Å². The van der Waals surface area contributed by atoms with E-state index in [9.17, 15) is 4.79 Å². The Hall–Kier alpha value is -2.70. The Labute approximate surface area is 149 Å². The molecule has 1 unspecified atom stereocenters. The minimum Gasteiger partial charge on any atom is -0.323 e. The molecular weight excluding hydrogens is 331 g/mol. The number of nitrogens with zero attached hydrogens (tertiary/aromatic N) is 4. The van der Waals surface area contributed by atoms with Crippen LogP contribution < -0.4 is 0 Å². The fraction of sp³-hybridized carbons (Fsp3) is 0.211. The van der Waals surface area contributed by atoms with Crippen molar-refractivity contribution in [3.63, 3.8) is 0 Å². The van der Waals surface area contributed by atoms with E-state index < -0.39 is 0 Å². The van der Waals surface area contributed by atoms with Crippen molar-refractivity contribution in [1.29, 1.82) is 5.26 Å². The van der Waals surface area contributed by atoms with Crippen LogP contribution in [0.1, 0.15) is 35.5 Å². The Morgan fingerprint density at radius 1 is 1.16 bits per heavy atom. The summed E-state index contributed by atoms with van der Waals surface area (Å²) >= 11 is 0. The zero-order valence-corrected chi connectivity index (χ0v) is 15.4. The molecule has 0 fully saturated rings. The van der Waals surface area contributed by atoms with Crippen molar-refractivity contribution in [1.82, 2.24) is 14.5 Å². The maximum absolute atomic E-state index is 12.5. The van der Waals surface area contributed by atoms with Crippen molar-refractivity contribution >= 4 is 26.2 Å². The van der Waals surface area contributed by atoms with Gasteiger partial charge < -0.3 is 4.67 Å². The van der Waals surface area contributed by atoms with E-state index in [1.807, 2.05) is 48.9 Å². The summed E-state index contributed by atoms with van der Waals surface area (Å²) in [7, 11) is 2.49. The summed E-state index contributed by atoms with van der Waals surface area (Å²) in [6.45, 7) is 4.62. The zero-order chi connectivity index (χ0) is 18.0. The highest BCUT2D eigenvalue weighted by molar-refractivity contribution is 7.14. The van der Waals surface area contributed by atoms with Gasteiger partial charge in [-0.2, -0.15) is 10.4 Å². The molecule has 1 atom stereocenters. The average Bonchev–Trinajstić information content (AvgIpc) is 2.99. The molecule has 6 heteroatoms. The molecule has 0 spiro atoms. The van der Waals surface area contributed by atoms with Crippen LogP contribution in [0.25, 0.3) is 16.6 Å². The first-order valence-corrected chi connectivity index (χ1v) is 8.78. The van der Waals surface area contributed by atoms with Crippen LogP contribution >= 0.6 is 9.39 Å². The average molecular weight is 350 g/mol. The number of benzene rings is 2. The van der Waals surface area contributed by atoms with Gasteiger partial charge in [0, 0.05) is 18.4 Å². The molecule has 3 aromatic rings. The van der Waals surface area contributed by atoms with Crippen molar-refractivity contribution in [2.24, 2.45) is 0 Å². The molecule has 5 nitrogen and oxygen atoms in total. The molecule has 126 valence electrons. The van der Waals surface area contributed by atoms with Crippen molar-refractivity contribution in [2.45, 2.75) is 20.3 Å². The van der Waals surface area contributed by atoms with E-state index in [2.05, 4.69) is 20.6 Å².